The van der Waals surface area contributed by atoms with Crippen LogP contribution in [0.1, 0.15) is 16.1 Å². The van der Waals surface area contributed by atoms with Crippen LogP contribution in [0.25, 0.3) is 0 Å². The molecule has 0 saturated carbocycles. The van der Waals surface area contributed by atoms with E-state index in [-0.39, 0.29) is 17.4 Å². The molecule has 0 radical (unpaired) electrons. The zero-order chi connectivity index (χ0) is 14.5. The van der Waals surface area contributed by atoms with Crippen LogP contribution in [-0.4, -0.2) is 34.0 Å². The zero-order valence-corrected chi connectivity index (χ0v) is 10.8. The van der Waals surface area contributed by atoms with Gasteiger partial charge in [-0.1, -0.05) is 17.3 Å². The van der Waals surface area contributed by atoms with Gasteiger partial charge in [-0.05, 0) is 12.1 Å². The van der Waals surface area contributed by atoms with Gasteiger partial charge in [0.25, 0.3) is 5.91 Å². The van der Waals surface area contributed by atoms with Crippen molar-refractivity contribution in [3.63, 3.8) is 0 Å². The van der Waals surface area contributed by atoms with Crippen LogP contribution in [0.4, 0.5) is 5.69 Å². The third-order valence-electron chi connectivity index (χ3n) is 2.74. The lowest BCUT2D eigenvalue weighted by Gasteiger charge is -2.19. The summed E-state index contributed by atoms with van der Waals surface area (Å²) in [4.78, 5) is 21.5. The Morgan fingerprint density at radius 2 is 2.10 bits per heavy atom. The van der Waals surface area contributed by atoms with Crippen molar-refractivity contribution in [2.75, 3.05) is 11.9 Å². The number of amidine groups is 1. The first-order valence-corrected chi connectivity index (χ1v) is 5.76. The SMILES string of the molecule is CN(C(=O)c1cnccn1)c1ccccc1/C(N)=N/O. The molecule has 0 saturated heterocycles. The number of nitrogens with two attached hydrogens (primary N) is 1. The average molecular weight is 271 g/mol. The van der Waals surface area contributed by atoms with E-state index in [1.807, 2.05) is 0 Å². The second-order valence-electron chi connectivity index (χ2n) is 3.96. The summed E-state index contributed by atoms with van der Waals surface area (Å²) >= 11 is 0. The zero-order valence-electron chi connectivity index (χ0n) is 10.8. The fourth-order valence-corrected chi connectivity index (χ4v) is 1.73. The Kier molecular flexibility index (Phi) is 3.90. The normalized spacial score (nSPS) is 11.2. The monoisotopic (exact) mass is 271 g/mol. The highest BCUT2D eigenvalue weighted by Gasteiger charge is 2.18. The molecular weight excluding hydrogens is 258 g/mol. The maximum atomic E-state index is 12.3. The van der Waals surface area contributed by atoms with Crippen LogP contribution in [0.3, 0.4) is 0 Å². The highest BCUT2D eigenvalue weighted by molar-refractivity contribution is 6.10. The van der Waals surface area contributed by atoms with E-state index in [1.165, 1.54) is 23.5 Å². The van der Waals surface area contributed by atoms with Crippen LogP contribution >= 0.6 is 0 Å². The van der Waals surface area contributed by atoms with Crippen LogP contribution in [0.15, 0.2) is 48.0 Å². The Morgan fingerprint density at radius 3 is 2.75 bits per heavy atom. The van der Waals surface area contributed by atoms with E-state index in [0.29, 0.717) is 11.3 Å². The van der Waals surface area contributed by atoms with Crippen LogP contribution in [0, 0.1) is 0 Å². The molecule has 0 bridgehead atoms. The van der Waals surface area contributed by atoms with E-state index in [0.717, 1.165) is 0 Å². The molecule has 102 valence electrons. The van der Waals surface area contributed by atoms with Crippen molar-refractivity contribution >= 4 is 17.4 Å². The molecule has 0 atom stereocenters. The smallest absolute Gasteiger partial charge is 0.278 e. The number of carbonyl (C=O) groups excluding carboxylic acids is 1. The number of anilines is 1. The number of rotatable bonds is 3. The van der Waals surface area contributed by atoms with E-state index >= 15 is 0 Å². The van der Waals surface area contributed by atoms with Gasteiger partial charge in [-0.2, -0.15) is 0 Å². The second kappa shape index (κ2) is 5.79. The van der Waals surface area contributed by atoms with Gasteiger partial charge in [0.15, 0.2) is 5.84 Å². The standard InChI is InChI=1S/C13H13N5O2/c1-18(13(19)10-8-15-6-7-16-10)11-5-3-2-4-9(11)12(14)17-20/h2-8,20H,1H3,(H2,14,17). The van der Waals surface area contributed by atoms with Crippen molar-refractivity contribution in [2.45, 2.75) is 0 Å². The number of hydrogen-bond acceptors (Lipinski definition) is 5. The van der Waals surface area contributed by atoms with Crippen LogP contribution in [0.2, 0.25) is 0 Å². The number of carbonyl (C=O) groups is 1. The van der Waals surface area contributed by atoms with E-state index < -0.39 is 0 Å². The number of benzene rings is 1. The minimum Gasteiger partial charge on any atom is -0.409 e. The van der Waals surface area contributed by atoms with Gasteiger partial charge in [0.05, 0.1) is 11.9 Å². The van der Waals surface area contributed by atoms with Crippen molar-refractivity contribution in [3.8, 4) is 0 Å². The summed E-state index contributed by atoms with van der Waals surface area (Å²) in [6.07, 6.45) is 4.31. The minimum atomic E-state index is -0.337. The quantitative estimate of drug-likeness (QED) is 0.372. The maximum absolute atomic E-state index is 12.3. The van der Waals surface area contributed by atoms with Crippen molar-refractivity contribution in [2.24, 2.45) is 10.9 Å². The lowest BCUT2D eigenvalue weighted by molar-refractivity contribution is 0.0988. The summed E-state index contributed by atoms with van der Waals surface area (Å²) in [6.45, 7) is 0. The first-order chi connectivity index (χ1) is 9.65. The molecule has 2 rings (SSSR count). The van der Waals surface area contributed by atoms with Crippen LogP contribution < -0.4 is 10.6 Å². The maximum Gasteiger partial charge on any atom is 0.278 e. The van der Waals surface area contributed by atoms with E-state index in [9.17, 15) is 4.79 Å². The van der Waals surface area contributed by atoms with Crippen molar-refractivity contribution in [3.05, 3.63) is 54.1 Å². The molecule has 0 aliphatic carbocycles. The van der Waals surface area contributed by atoms with Gasteiger partial charge in [-0.25, -0.2) is 4.98 Å². The average Bonchev–Trinajstić information content (AvgIpc) is 2.53. The molecule has 1 amide bonds. The van der Waals surface area contributed by atoms with Gasteiger partial charge in [0, 0.05) is 25.0 Å². The van der Waals surface area contributed by atoms with Gasteiger partial charge in [-0.3, -0.25) is 9.78 Å². The Morgan fingerprint density at radius 1 is 1.35 bits per heavy atom. The molecular formula is C13H13N5O2. The van der Waals surface area contributed by atoms with Gasteiger partial charge in [0.1, 0.15) is 5.69 Å². The topological polar surface area (TPSA) is 105 Å². The molecule has 0 fully saturated rings. The van der Waals surface area contributed by atoms with Gasteiger partial charge in [-0.15, -0.1) is 0 Å². The summed E-state index contributed by atoms with van der Waals surface area (Å²) in [7, 11) is 1.58. The molecule has 3 N–H and O–H groups in total. The highest BCUT2D eigenvalue weighted by Crippen LogP contribution is 2.20. The van der Waals surface area contributed by atoms with Crippen molar-refractivity contribution < 1.29 is 10.0 Å². The van der Waals surface area contributed by atoms with Crippen LogP contribution in [0.5, 0.6) is 0 Å². The second-order valence-corrected chi connectivity index (χ2v) is 3.96. The predicted molar refractivity (Wildman–Crippen MR) is 73.7 cm³/mol. The predicted octanol–water partition coefficient (Wildman–Crippen LogP) is 0.848. The molecule has 7 heteroatoms. The van der Waals surface area contributed by atoms with Gasteiger partial charge >= 0.3 is 0 Å². The third-order valence-corrected chi connectivity index (χ3v) is 2.74. The molecule has 0 unspecified atom stereocenters. The Labute approximate surface area is 115 Å². The Bertz CT molecular complexity index is 642. The van der Waals surface area contributed by atoms with E-state index in [2.05, 4.69) is 15.1 Å². The number of amides is 1. The fraction of sp³-hybridized carbons (Fsp3) is 0.0769. The molecule has 0 aliphatic heterocycles. The van der Waals surface area contributed by atoms with Crippen LogP contribution in [-0.2, 0) is 0 Å². The highest BCUT2D eigenvalue weighted by atomic mass is 16.4. The van der Waals surface area contributed by atoms with E-state index in [4.69, 9.17) is 10.9 Å². The molecule has 7 nitrogen and oxygen atoms in total. The van der Waals surface area contributed by atoms with Gasteiger partial charge in [0.2, 0.25) is 0 Å². The number of oxime groups is 1. The lowest BCUT2D eigenvalue weighted by atomic mass is 10.1. The summed E-state index contributed by atoms with van der Waals surface area (Å²) in [5, 5.41) is 11.7. The largest absolute Gasteiger partial charge is 0.409 e. The summed E-state index contributed by atoms with van der Waals surface area (Å²) in [6, 6.07) is 6.84. The fourth-order valence-electron chi connectivity index (χ4n) is 1.73. The number of para-hydroxylation sites is 1. The Hall–Kier alpha value is -2.96. The number of nitrogens with zero attached hydrogens (tertiary/aromatic N) is 4. The molecule has 1 aromatic heterocycles. The molecule has 20 heavy (non-hydrogen) atoms. The summed E-state index contributed by atoms with van der Waals surface area (Å²) < 4.78 is 0. The lowest BCUT2D eigenvalue weighted by Crippen LogP contribution is -2.29. The van der Waals surface area contributed by atoms with Crippen molar-refractivity contribution in [1.29, 1.82) is 0 Å². The first kappa shape index (κ1) is 13.5. The number of hydrogen-bond donors (Lipinski definition) is 2. The molecule has 2 aromatic rings. The van der Waals surface area contributed by atoms with Crippen molar-refractivity contribution in [1.82, 2.24) is 9.97 Å². The summed E-state index contributed by atoms with van der Waals surface area (Å²) in [5.41, 5.74) is 6.78. The first-order valence-electron chi connectivity index (χ1n) is 5.76. The minimum absolute atomic E-state index is 0.0700. The van der Waals surface area contributed by atoms with E-state index in [1.54, 1.807) is 31.3 Å². The summed E-state index contributed by atoms with van der Waals surface area (Å²) in [5.74, 6) is -0.407. The van der Waals surface area contributed by atoms with Gasteiger partial charge < -0.3 is 15.8 Å². The molecule has 0 spiro atoms. The number of aromatic nitrogens is 2. The Balaban J connectivity index is 2.39. The molecule has 1 aromatic carbocycles. The molecule has 1 heterocycles. The molecule has 0 aliphatic rings. The third kappa shape index (κ3) is 2.56.